The van der Waals surface area contributed by atoms with Crippen LogP contribution in [0.25, 0.3) is 0 Å². The lowest BCUT2D eigenvalue weighted by Gasteiger charge is -2.42. The van der Waals surface area contributed by atoms with Gasteiger partial charge in [-0.3, -0.25) is 9.78 Å². The molecule has 1 aliphatic heterocycles. The molecular weight excluding hydrogens is 324 g/mol. The fourth-order valence-electron chi connectivity index (χ4n) is 2.44. The average Bonchev–Trinajstić information content (AvgIpc) is 2.37. The van der Waals surface area contributed by atoms with Crippen LogP contribution in [0.4, 0.5) is 0 Å². The van der Waals surface area contributed by atoms with Gasteiger partial charge in [0.1, 0.15) is 0 Å². The summed E-state index contributed by atoms with van der Waals surface area (Å²) in [6.45, 7) is 5.53. The minimum absolute atomic E-state index is 0.0169. The highest BCUT2D eigenvalue weighted by Crippen LogP contribution is 2.24. The van der Waals surface area contributed by atoms with Gasteiger partial charge in [0.05, 0.1) is 23.9 Å². The second-order valence-electron chi connectivity index (χ2n) is 5.50. The molecule has 0 aliphatic carbocycles. The molecule has 1 saturated heterocycles. The average molecular weight is 343 g/mol. The van der Waals surface area contributed by atoms with Crippen LogP contribution in [0.5, 0.6) is 0 Å². The van der Waals surface area contributed by atoms with Crippen molar-refractivity contribution >= 4 is 21.8 Å². The lowest BCUT2D eigenvalue weighted by atomic mass is 10.0. The Kier molecular flexibility index (Phi) is 4.78. The van der Waals surface area contributed by atoms with Crippen molar-refractivity contribution in [2.24, 2.45) is 0 Å². The summed E-state index contributed by atoms with van der Waals surface area (Å²) in [6.07, 6.45) is 3.15. The molecule has 6 heteroatoms. The van der Waals surface area contributed by atoms with Crippen molar-refractivity contribution in [1.29, 1.82) is 0 Å². The number of hydrogen-bond donors (Lipinski definition) is 0. The van der Waals surface area contributed by atoms with E-state index in [0.717, 1.165) is 0 Å². The Hall–Kier alpha value is -0.980. The molecule has 1 atom stereocenters. The van der Waals surface area contributed by atoms with E-state index in [1.807, 2.05) is 18.7 Å². The van der Waals surface area contributed by atoms with Gasteiger partial charge in [-0.05, 0) is 35.8 Å². The van der Waals surface area contributed by atoms with E-state index < -0.39 is 0 Å². The molecule has 2 heterocycles. The number of carbonyl (C=O) groups excluding carboxylic acids is 1. The lowest BCUT2D eigenvalue weighted by Crippen LogP contribution is -2.55. The van der Waals surface area contributed by atoms with E-state index in [-0.39, 0.29) is 17.6 Å². The molecule has 1 fully saturated rings. The first-order valence-electron chi connectivity index (χ1n) is 6.48. The van der Waals surface area contributed by atoms with Crippen molar-refractivity contribution in [3.63, 3.8) is 0 Å². The van der Waals surface area contributed by atoms with Gasteiger partial charge in [0, 0.05) is 37.1 Å². The van der Waals surface area contributed by atoms with E-state index in [9.17, 15) is 4.79 Å². The van der Waals surface area contributed by atoms with E-state index in [2.05, 4.69) is 20.9 Å². The van der Waals surface area contributed by atoms with Crippen molar-refractivity contribution in [3.05, 3.63) is 28.5 Å². The number of methoxy groups -OCH3 is 1. The number of hydrogen-bond acceptors (Lipinski definition) is 4. The van der Waals surface area contributed by atoms with Crippen LogP contribution in [0.15, 0.2) is 22.9 Å². The zero-order valence-corrected chi connectivity index (χ0v) is 13.5. The Morgan fingerprint density at radius 1 is 1.65 bits per heavy atom. The number of ether oxygens (including phenoxy) is 2. The van der Waals surface area contributed by atoms with Gasteiger partial charge in [-0.2, -0.15) is 0 Å². The summed E-state index contributed by atoms with van der Waals surface area (Å²) in [7, 11) is 1.64. The van der Waals surface area contributed by atoms with E-state index in [1.54, 1.807) is 25.6 Å². The number of morpholine rings is 1. The Morgan fingerprint density at radius 3 is 3.05 bits per heavy atom. The third kappa shape index (κ3) is 3.56. The maximum absolute atomic E-state index is 12.6. The number of aromatic nitrogens is 1. The van der Waals surface area contributed by atoms with Gasteiger partial charge >= 0.3 is 0 Å². The smallest absolute Gasteiger partial charge is 0.255 e. The predicted molar refractivity (Wildman–Crippen MR) is 78.7 cm³/mol. The molecule has 5 nitrogen and oxygen atoms in total. The van der Waals surface area contributed by atoms with Gasteiger partial charge in [-0.25, -0.2) is 0 Å². The van der Waals surface area contributed by atoms with Gasteiger partial charge in [0.15, 0.2) is 0 Å². The molecule has 0 unspecified atom stereocenters. The van der Waals surface area contributed by atoms with E-state index in [4.69, 9.17) is 9.47 Å². The molecule has 110 valence electrons. The van der Waals surface area contributed by atoms with Crippen LogP contribution in [0.2, 0.25) is 0 Å². The highest BCUT2D eigenvalue weighted by Gasteiger charge is 2.36. The first-order chi connectivity index (χ1) is 9.43. The molecule has 0 bridgehead atoms. The number of halogens is 1. The Bertz CT molecular complexity index is 493. The summed E-state index contributed by atoms with van der Waals surface area (Å²) in [5, 5.41) is 0. The van der Waals surface area contributed by atoms with E-state index >= 15 is 0 Å². The molecule has 2 rings (SSSR count). The quantitative estimate of drug-likeness (QED) is 0.844. The highest BCUT2D eigenvalue weighted by molar-refractivity contribution is 9.10. The Labute approximate surface area is 127 Å². The number of pyridine rings is 1. The van der Waals surface area contributed by atoms with Crippen molar-refractivity contribution in [2.75, 3.05) is 26.8 Å². The molecule has 1 aromatic heterocycles. The fraction of sp³-hybridized carbons (Fsp3) is 0.571. The number of amides is 1. The maximum Gasteiger partial charge on any atom is 0.255 e. The standard InChI is InChI=1S/C14H19BrN2O3/c1-14(2)9-17(7-10(20-14)8-19-3)13(18)11-4-5-16-6-12(11)15/h4-6,10H,7-9H2,1-3H3/t10-/m0/s1. The third-order valence-corrected chi connectivity index (χ3v) is 3.76. The third-order valence-electron chi connectivity index (χ3n) is 3.12. The van der Waals surface area contributed by atoms with Crippen molar-refractivity contribution in [1.82, 2.24) is 9.88 Å². The highest BCUT2D eigenvalue weighted by atomic mass is 79.9. The Morgan fingerprint density at radius 2 is 2.40 bits per heavy atom. The Balaban J connectivity index is 2.18. The molecular formula is C14H19BrN2O3. The molecule has 0 spiro atoms. The first-order valence-corrected chi connectivity index (χ1v) is 7.28. The molecule has 0 radical (unpaired) electrons. The van der Waals surface area contributed by atoms with Gasteiger partial charge in [0.25, 0.3) is 5.91 Å². The zero-order chi connectivity index (χ0) is 14.8. The van der Waals surface area contributed by atoms with Crippen LogP contribution in [0.1, 0.15) is 24.2 Å². The van der Waals surface area contributed by atoms with Gasteiger partial charge in [0.2, 0.25) is 0 Å². The summed E-state index contributed by atoms with van der Waals surface area (Å²) < 4.78 is 11.8. The molecule has 0 aromatic carbocycles. The minimum atomic E-state index is -0.378. The molecule has 1 aliphatic rings. The maximum atomic E-state index is 12.6. The molecule has 1 amide bonds. The topological polar surface area (TPSA) is 51.7 Å². The van der Waals surface area contributed by atoms with Crippen LogP contribution in [-0.4, -0.2) is 54.3 Å². The lowest BCUT2D eigenvalue weighted by molar-refractivity contribution is -0.143. The molecule has 0 saturated carbocycles. The zero-order valence-electron chi connectivity index (χ0n) is 11.9. The van der Waals surface area contributed by atoms with Gasteiger partial charge < -0.3 is 14.4 Å². The minimum Gasteiger partial charge on any atom is -0.382 e. The van der Waals surface area contributed by atoms with Gasteiger partial charge in [-0.1, -0.05) is 0 Å². The second-order valence-corrected chi connectivity index (χ2v) is 6.35. The van der Waals surface area contributed by atoms with Crippen molar-refractivity contribution in [2.45, 2.75) is 25.6 Å². The summed E-state index contributed by atoms with van der Waals surface area (Å²) in [4.78, 5) is 18.4. The second kappa shape index (κ2) is 6.20. The fourth-order valence-corrected chi connectivity index (χ4v) is 2.86. The molecule has 1 aromatic rings. The normalized spacial score (nSPS) is 21.8. The van der Waals surface area contributed by atoms with Crippen molar-refractivity contribution in [3.8, 4) is 0 Å². The predicted octanol–water partition coefficient (Wildman–Crippen LogP) is 2.11. The summed E-state index contributed by atoms with van der Waals surface area (Å²) in [6, 6.07) is 1.72. The van der Waals surface area contributed by atoms with Crippen LogP contribution in [0, 0.1) is 0 Å². The van der Waals surface area contributed by atoms with E-state index in [1.165, 1.54) is 0 Å². The largest absolute Gasteiger partial charge is 0.382 e. The monoisotopic (exact) mass is 342 g/mol. The number of nitrogens with zero attached hydrogens (tertiary/aromatic N) is 2. The van der Waals surface area contributed by atoms with Crippen molar-refractivity contribution < 1.29 is 14.3 Å². The number of carbonyl (C=O) groups is 1. The summed E-state index contributed by atoms with van der Waals surface area (Å²) in [5.74, 6) is -0.0169. The van der Waals surface area contributed by atoms with Crippen LogP contribution in [-0.2, 0) is 9.47 Å². The molecule has 20 heavy (non-hydrogen) atoms. The first kappa shape index (κ1) is 15.4. The SMILES string of the molecule is COC[C@@H]1CN(C(=O)c2ccncc2Br)CC(C)(C)O1. The summed E-state index contributed by atoms with van der Waals surface area (Å²) >= 11 is 3.37. The van der Waals surface area contributed by atoms with Gasteiger partial charge in [-0.15, -0.1) is 0 Å². The summed E-state index contributed by atoms with van der Waals surface area (Å²) in [5.41, 5.74) is 0.241. The van der Waals surface area contributed by atoms with Crippen LogP contribution >= 0.6 is 15.9 Å². The van der Waals surface area contributed by atoms with Crippen LogP contribution < -0.4 is 0 Å². The van der Waals surface area contributed by atoms with Crippen LogP contribution in [0.3, 0.4) is 0 Å². The molecule has 0 N–H and O–H groups in total. The van der Waals surface area contributed by atoms with E-state index in [0.29, 0.717) is 29.7 Å². The number of rotatable bonds is 3.